The highest BCUT2D eigenvalue weighted by atomic mass is 32.2. The van der Waals surface area contributed by atoms with Crippen molar-refractivity contribution >= 4 is 33.9 Å². The summed E-state index contributed by atoms with van der Waals surface area (Å²) in [5.41, 5.74) is 6.17. The number of nitrogens with two attached hydrogens (primary N) is 1. The van der Waals surface area contributed by atoms with Crippen LogP contribution < -0.4 is 15.8 Å². The number of nitrogens with one attached hydrogen (secondary N) is 1. The van der Waals surface area contributed by atoms with E-state index in [1.54, 1.807) is 37.4 Å². The van der Waals surface area contributed by atoms with Crippen LogP contribution in [-0.2, 0) is 15.6 Å². The zero-order chi connectivity index (χ0) is 15.1. The first-order valence-electron chi connectivity index (χ1n) is 6.02. The summed E-state index contributed by atoms with van der Waals surface area (Å²) in [5.74, 6) is 0.197. The molecule has 3 N–H and O–H groups in total. The van der Waals surface area contributed by atoms with Crippen molar-refractivity contribution in [1.29, 1.82) is 0 Å². The fraction of sp³-hybridized carbons (Fsp3) is 0.385. The van der Waals surface area contributed by atoms with E-state index in [2.05, 4.69) is 5.32 Å². The van der Waals surface area contributed by atoms with Crippen LogP contribution in [0.2, 0.25) is 0 Å². The van der Waals surface area contributed by atoms with E-state index in [9.17, 15) is 9.00 Å². The largest absolute Gasteiger partial charge is 0.483 e. The summed E-state index contributed by atoms with van der Waals surface area (Å²) in [7, 11) is -0.966. The fourth-order valence-electron chi connectivity index (χ4n) is 1.37. The van der Waals surface area contributed by atoms with Crippen LogP contribution >= 0.6 is 12.2 Å². The molecule has 0 aliphatic rings. The Kier molecular flexibility index (Phi) is 6.60. The van der Waals surface area contributed by atoms with Crippen LogP contribution in [0.4, 0.5) is 0 Å². The average molecular weight is 314 g/mol. The standard InChI is InChI=1S/C13H18N2O3S2/c1-9(20(2)17)7-15-12(16)8-18-11-6-4-3-5-10(11)13(14)19/h3-6,9H,7-8H2,1-2H3,(H2,14,19)(H,15,16). The third-order valence-electron chi connectivity index (χ3n) is 2.66. The summed E-state index contributed by atoms with van der Waals surface area (Å²) in [6, 6.07) is 7.00. The summed E-state index contributed by atoms with van der Waals surface area (Å²) in [6.45, 7) is 2.02. The Morgan fingerprint density at radius 1 is 1.50 bits per heavy atom. The number of amides is 1. The van der Waals surface area contributed by atoms with Gasteiger partial charge in [-0.05, 0) is 19.1 Å². The van der Waals surface area contributed by atoms with E-state index in [4.69, 9.17) is 22.7 Å². The molecule has 0 aliphatic carbocycles. The Balaban J connectivity index is 2.49. The molecule has 0 radical (unpaired) electrons. The summed E-state index contributed by atoms with van der Waals surface area (Å²) in [5, 5.41) is 2.57. The van der Waals surface area contributed by atoms with Crippen molar-refractivity contribution in [2.75, 3.05) is 19.4 Å². The van der Waals surface area contributed by atoms with E-state index in [0.29, 0.717) is 17.9 Å². The quantitative estimate of drug-likeness (QED) is 0.720. The van der Waals surface area contributed by atoms with Crippen molar-refractivity contribution in [3.63, 3.8) is 0 Å². The number of rotatable bonds is 7. The third-order valence-corrected chi connectivity index (χ3v) is 4.18. The Bertz CT molecular complexity index is 520. The second-order valence-corrected chi connectivity index (χ2v) is 6.50. The molecule has 0 aromatic heterocycles. The van der Waals surface area contributed by atoms with Crippen molar-refractivity contribution in [1.82, 2.24) is 5.32 Å². The highest BCUT2D eigenvalue weighted by Crippen LogP contribution is 2.17. The van der Waals surface area contributed by atoms with Gasteiger partial charge in [-0.2, -0.15) is 0 Å². The number of para-hydroxylation sites is 1. The molecule has 0 fully saturated rings. The first-order valence-corrected chi connectivity index (χ1v) is 8.05. The summed E-state index contributed by atoms with van der Waals surface area (Å²) in [4.78, 5) is 11.8. The zero-order valence-corrected chi connectivity index (χ0v) is 13.1. The number of hydrogen-bond donors (Lipinski definition) is 2. The molecule has 0 spiro atoms. The van der Waals surface area contributed by atoms with Gasteiger partial charge in [0.05, 0.1) is 5.56 Å². The predicted molar refractivity (Wildman–Crippen MR) is 84.4 cm³/mol. The van der Waals surface area contributed by atoms with Crippen LogP contribution in [0, 0.1) is 0 Å². The van der Waals surface area contributed by atoms with Crippen molar-refractivity contribution in [3.8, 4) is 5.75 Å². The molecule has 7 heteroatoms. The molecule has 0 saturated heterocycles. The minimum Gasteiger partial charge on any atom is -0.483 e. The predicted octanol–water partition coefficient (Wildman–Crippen LogP) is 0.583. The maximum atomic E-state index is 11.6. The van der Waals surface area contributed by atoms with Crippen LogP contribution in [-0.4, -0.2) is 39.8 Å². The van der Waals surface area contributed by atoms with Crippen LogP contribution in [0.15, 0.2) is 24.3 Å². The highest BCUT2D eigenvalue weighted by molar-refractivity contribution is 7.84. The van der Waals surface area contributed by atoms with E-state index in [1.807, 2.05) is 0 Å². The van der Waals surface area contributed by atoms with Gasteiger partial charge in [0, 0.05) is 28.9 Å². The maximum Gasteiger partial charge on any atom is 0.257 e. The minimum atomic E-state index is -0.966. The molecule has 0 heterocycles. The number of carbonyl (C=O) groups excluding carboxylic acids is 1. The number of hydrogen-bond acceptors (Lipinski definition) is 4. The lowest BCUT2D eigenvalue weighted by atomic mass is 10.2. The third kappa shape index (κ3) is 5.26. The lowest BCUT2D eigenvalue weighted by Gasteiger charge is -2.12. The molecule has 5 nitrogen and oxygen atoms in total. The molecule has 2 unspecified atom stereocenters. The van der Waals surface area contributed by atoms with Crippen molar-refractivity contribution in [3.05, 3.63) is 29.8 Å². The number of benzene rings is 1. The Morgan fingerprint density at radius 3 is 2.75 bits per heavy atom. The first-order chi connectivity index (χ1) is 9.41. The molecule has 110 valence electrons. The summed E-state index contributed by atoms with van der Waals surface area (Å²) < 4.78 is 16.6. The smallest absolute Gasteiger partial charge is 0.257 e. The molecule has 1 aromatic carbocycles. The van der Waals surface area contributed by atoms with E-state index >= 15 is 0 Å². The molecule has 1 aromatic rings. The second-order valence-electron chi connectivity index (χ2n) is 4.26. The number of carbonyl (C=O) groups is 1. The van der Waals surface area contributed by atoms with Gasteiger partial charge >= 0.3 is 0 Å². The van der Waals surface area contributed by atoms with Gasteiger partial charge in [0.15, 0.2) is 6.61 Å². The maximum absolute atomic E-state index is 11.6. The van der Waals surface area contributed by atoms with E-state index in [1.165, 1.54) is 0 Å². The SMILES string of the molecule is CC(CNC(=O)COc1ccccc1C(N)=S)S(C)=O. The van der Waals surface area contributed by atoms with Gasteiger partial charge in [-0.1, -0.05) is 24.4 Å². The van der Waals surface area contributed by atoms with Gasteiger partial charge in [-0.15, -0.1) is 0 Å². The van der Waals surface area contributed by atoms with E-state index < -0.39 is 10.8 Å². The van der Waals surface area contributed by atoms with Gasteiger partial charge < -0.3 is 15.8 Å². The molecular formula is C13H18N2O3S2. The molecule has 1 rings (SSSR count). The summed E-state index contributed by atoms with van der Waals surface area (Å²) >= 11 is 4.91. The van der Waals surface area contributed by atoms with Gasteiger partial charge in [0.2, 0.25) is 0 Å². The minimum absolute atomic E-state index is 0.0946. The molecule has 1 amide bonds. The summed E-state index contributed by atoms with van der Waals surface area (Å²) in [6.07, 6.45) is 1.60. The first kappa shape index (κ1) is 16.6. The normalized spacial score (nSPS) is 13.3. The van der Waals surface area contributed by atoms with Crippen molar-refractivity contribution < 1.29 is 13.7 Å². The number of ether oxygens (including phenoxy) is 1. The van der Waals surface area contributed by atoms with Gasteiger partial charge in [-0.3, -0.25) is 9.00 Å². The van der Waals surface area contributed by atoms with Crippen molar-refractivity contribution in [2.24, 2.45) is 5.73 Å². The van der Waals surface area contributed by atoms with E-state index in [-0.39, 0.29) is 22.8 Å². The van der Waals surface area contributed by atoms with Crippen LogP contribution in [0.3, 0.4) is 0 Å². The Labute approximate surface area is 126 Å². The van der Waals surface area contributed by atoms with Gasteiger partial charge in [-0.25, -0.2) is 0 Å². The fourth-order valence-corrected chi connectivity index (χ4v) is 1.85. The monoisotopic (exact) mass is 314 g/mol. The molecule has 0 aliphatic heterocycles. The average Bonchev–Trinajstić information content (AvgIpc) is 2.42. The Hall–Kier alpha value is -1.47. The number of thiocarbonyl (C=S) groups is 1. The van der Waals surface area contributed by atoms with Crippen molar-refractivity contribution in [2.45, 2.75) is 12.2 Å². The molecule has 0 bridgehead atoms. The second kappa shape index (κ2) is 7.96. The molecular weight excluding hydrogens is 296 g/mol. The highest BCUT2D eigenvalue weighted by Gasteiger charge is 2.10. The van der Waals surface area contributed by atoms with Gasteiger partial charge in [0.1, 0.15) is 10.7 Å². The van der Waals surface area contributed by atoms with Crippen LogP contribution in [0.25, 0.3) is 0 Å². The lowest BCUT2D eigenvalue weighted by Crippen LogP contribution is -2.35. The topological polar surface area (TPSA) is 81.4 Å². The molecule has 20 heavy (non-hydrogen) atoms. The Morgan fingerprint density at radius 2 is 2.15 bits per heavy atom. The molecule has 0 saturated carbocycles. The van der Waals surface area contributed by atoms with Gasteiger partial charge in [0.25, 0.3) is 5.91 Å². The zero-order valence-electron chi connectivity index (χ0n) is 11.4. The van der Waals surface area contributed by atoms with E-state index in [0.717, 1.165) is 0 Å². The lowest BCUT2D eigenvalue weighted by molar-refractivity contribution is -0.123. The van der Waals surface area contributed by atoms with Crippen LogP contribution in [0.5, 0.6) is 5.75 Å². The molecule has 2 atom stereocenters. The van der Waals surface area contributed by atoms with Crippen LogP contribution in [0.1, 0.15) is 12.5 Å².